The van der Waals surface area contributed by atoms with Crippen LogP contribution in [0.25, 0.3) is 10.9 Å². The normalized spacial score (nSPS) is 21.7. The van der Waals surface area contributed by atoms with Gasteiger partial charge in [-0.25, -0.2) is 0 Å². The number of benzene rings is 1. The summed E-state index contributed by atoms with van der Waals surface area (Å²) >= 11 is 0. The zero-order chi connectivity index (χ0) is 15.5. The quantitative estimate of drug-likeness (QED) is 0.909. The Morgan fingerprint density at radius 1 is 1.32 bits per heavy atom. The van der Waals surface area contributed by atoms with Crippen molar-refractivity contribution in [3.8, 4) is 5.75 Å². The van der Waals surface area contributed by atoms with Crippen molar-refractivity contribution in [1.82, 2.24) is 9.88 Å². The number of ether oxygens (including phenoxy) is 1. The number of amides is 1. The second-order valence-electron chi connectivity index (χ2n) is 5.94. The van der Waals surface area contributed by atoms with Crippen LogP contribution in [0.4, 0.5) is 0 Å². The molecule has 0 bridgehead atoms. The van der Waals surface area contributed by atoms with Crippen LogP contribution in [-0.4, -0.2) is 34.8 Å². The minimum atomic E-state index is -0.198. The van der Waals surface area contributed by atoms with E-state index >= 15 is 0 Å². The number of carbonyl (C=O) groups is 1. The second kappa shape index (κ2) is 6.40. The summed E-state index contributed by atoms with van der Waals surface area (Å²) in [4.78, 5) is 12.2. The number of fused-ring (bicyclic) bond motifs is 1. The SMILES string of the molecule is COc1ccc2c(ccn2CC(=O)NC2CCC(O)CC2)c1. The fraction of sp³-hybridized carbons (Fsp3) is 0.471. The molecule has 0 unspecified atom stereocenters. The third kappa shape index (κ3) is 3.25. The maximum atomic E-state index is 12.2. The van der Waals surface area contributed by atoms with Gasteiger partial charge in [-0.2, -0.15) is 0 Å². The van der Waals surface area contributed by atoms with E-state index in [4.69, 9.17) is 4.74 Å². The van der Waals surface area contributed by atoms with Crippen molar-refractivity contribution in [1.29, 1.82) is 0 Å². The summed E-state index contributed by atoms with van der Waals surface area (Å²) in [6, 6.07) is 8.02. The number of carbonyl (C=O) groups excluding carboxylic acids is 1. The van der Waals surface area contributed by atoms with Crippen LogP contribution in [0.5, 0.6) is 5.75 Å². The Morgan fingerprint density at radius 2 is 2.09 bits per heavy atom. The van der Waals surface area contributed by atoms with Crippen molar-refractivity contribution in [2.75, 3.05) is 7.11 Å². The van der Waals surface area contributed by atoms with E-state index in [0.717, 1.165) is 42.3 Å². The van der Waals surface area contributed by atoms with E-state index in [9.17, 15) is 9.90 Å². The monoisotopic (exact) mass is 302 g/mol. The van der Waals surface area contributed by atoms with Gasteiger partial charge in [0.1, 0.15) is 12.3 Å². The number of hydrogen-bond acceptors (Lipinski definition) is 3. The van der Waals surface area contributed by atoms with Gasteiger partial charge in [0.05, 0.1) is 13.2 Å². The first-order valence-corrected chi connectivity index (χ1v) is 7.76. The van der Waals surface area contributed by atoms with E-state index in [-0.39, 0.29) is 18.1 Å². The zero-order valence-corrected chi connectivity index (χ0v) is 12.8. The Hall–Kier alpha value is -2.01. The van der Waals surface area contributed by atoms with Gasteiger partial charge in [-0.15, -0.1) is 0 Å². The summed E-state index contributed by atoms with van der Waals surface area (Å²) in [5, 5.41) is 13.6. The van der Waals surface area contributed by atoms with Crippen molar-refractivity contribution in [3.63, 3.8) is 0 Å². The average Bonchev–Trinajstić information content (AvgIpc) is 2.91. The number of hydrogen-bond donors (Lipinski definition) is 2. The first kappa shape index (κ1) is 14.9. The molecule has 0 atom stereocenters. The molecule has 0 aliphatic heterocycles. The van der Waals surface area contributed by atoms with Gasteiger partial charge in [0.15, 0.2) is 0 Å². The summed E-state index contributed by atoms with van der Waals surface area (Å²) < 4.78 is 7.16. The van der Waals surface area contributed by atoms with Crippen LogP contribution in [0.15, 0.2) is 30.5 Å². The molecule has 0 radical (unpaired) electrons. The van der Waals surface area contributed by atoms with Gasteiger partial charge < -0.3 is 19.7 Å². The van der Waals surface area contributed by atoms with E-state index in [2.05, 4.69) is 5.32 Å². The Kier molecular flexibility index (Phi) is 4.34. The number of aliphatic hydroxyl groups excluding tert-OH is 1. The molecule has 1 saturated carbocycles. The minimum absolute atomic E-state index is 0.0229. The van der Waals surface area contributed by atoms with Crippen LogP contribution in [0, 0.1) is 0 Å². The summed E-state index contributed by atoms with van der Waals surface area (Å²) in [5.41, 5.74) is 1.02. The van der Waals surface area contributed by atoms with E-state index in [1.165, 1.54) is 0 Å². The third-order valence-corrected chi connectivity index (χ3v) is 4.35. The predicted octanol–water partition coefficient (Wildman–Crippen LogP) is 2.07. The Morgan fingerprint density at radius 3 is 2.82 bits per heavy atom. The molecule has 1 aliphatic rings. The summed E-state index contributed by atoms with van der Waals surface area (Å²) in [6.07, 6.45) is 4.99. The number of aromatic nitrogens is 1. The van der Waals surface area contributed by atoms with Gasteiger partial charge in [0, 0.05) is 23.1 Å². The smallest absolute Gasteiger partial charge is 0.240 e. The van der Waals surface area contributed by atoms with Crippen LogP contribution >= 0.6 is 0 Å². The fourth-order valence-electron chi connectivity index (χ4n) is 3.09. The fourth-order valence-corrected chi connectivity index (χ4v) is 3.09. The molecular formula is C17H22N2O3. The molecule has 118 valence electrons. The molecule has 0 saturated heterocycles. The van der Waals surface area contributed by atoms with Crippen molar-refractivity contribution >= 4 is 16.8 Å². The first-order chi connectivity index (χ1) is 10.7. The van der Waals surface area contributed by atoms with Gasteiger partial charge in [0.2, 0.25) is 5.91 Å². The number of methoxy groups -OCH3 is 1. The van der Waals surface area contributed by atoms with Crippen molar-refractivity contribution in [2.24, 2.45) is 0 Å². The number of nitrogens with zero attached hydrogens (tertiary/aromatic N) is 1. The molecule has 5 nitrogen and oxygen atoms in total. The van der Waals surface area contributed by atoms with Gasteiger partial charge >= 0.3 is 0 Å². The maximum Gasteiger partial charge on any atom is 0.240 e. The van der Waals surface area contributed by atoms with Crippen molar-refractivity contribution in [2.45, 2.75) is 44.4 Å². The van der Waals surface area contributed by atoms with E-state index in [1.807, 2.05) is 35.0 Å². The Balaban J connectivity index is 1.64. The standard InChI is InChI=1S/C17H22N2O3/c1-22-15-6-7-16-12(10-15)8-9-19(16)11-17(21)18-13-2-4-14(20)5-3-13/h6-10,13-14,20H,2-5,11H2,1H3,(H,18,21). The number of nitrogens with one attached hydrogen (secondary N) is 1. The van der Waals surface area contributed by atoms with Gasteiger partial charge in [-0.1, -0.05) is 0 Å². The average molecular weight is 302 g/mol. The molecule has 22 heavy (non-hydrogen) atoms. The van der Waals surface area contributed by atoms with Crippen LogP contribution in [0.3, 0.4) is 0 Å². The molecular weight excluding hydrogens is 280 g/mol. The largest absolute Gasteiger partial charge is 0.497 e. The van der Waals surface area contributed by atoms with E-state index < -0.39 is 0 Å². The molecule has 1 heterocycles. The molecule has 1 aromatic carbocycles. The lowest BCUT2D eigenvalue weighted by atomic mass is 9.93. The molecule has 1 aliphatic carbocycles. The predicted molar refractivity (Wildman–Crippen MR) is 84.9 cm³/mol. The molecule has 1 aromatic heterocycles. The lowest BCUT2D eigenvalue weighted by molar-refractivity contribution is -0.122. The van der Waals surface area contributed by atoms with Gasteiger partial charge in [0.25, 0.3) is 0 Å². The van der Waals surface area contributed by atoms with Crippen LogP contribution in [-0.2, 0) is 11.3 Å². The zero-order valence-electron chi connectivity index (χ0n) is 12.8. The highest BCUT2D eigenvalue weighted by molar-refractivity contribution is 5.84. The lowest BCUT2D eigenvalue weighted by Crippen LogP contribution is -2.40. The van der Waals surface area contributed by atoms with E-state index in [0.29, 0.717) is 6.54 Å². The summed E-state index contributed by atoms with van der Waals surface area (Å²) in [5.74, 6) is 0.838. The highest BCUT2D eigenvalue weighted by Crippen LogP contribution is 2.22. The van der Waals surface area contributed by atoms with Crippen LogP contribution < -0.4 is 10.1 Å². The second-order valence-corrected chi connectivity index (χ2v) is 5.94. The van der Waals surface area contributed by atoms with E-state index in [1.54, 1.807) is 7.11 Å². The molecule has 2 N–H and O–H groups in total. The maximum absolute atomic E-state index is 12.2. The Bertz CT molecular complexity index is 657. The van der Waals surface area contributed by atoms with Crippen LogP contribution in [0.2, 0.25) is 0 Å². The third-order valence-electron chi connectivity index (χ3n) is 4.35. The molecule has 2 aromatic rings. The summed E-state index contributed by atoms with van der Waals surface area (Å²) in [6.45, 7) is 0.314. The topological polar surface area (TPSA) is 63.5 Å². The van der Waals surface area contributed by atoms with Gasteiger partial charge in [-0.3, -0.25) is 4.79 Å². The van der Waals surface area contributed by atoms with Gasteiger partial charge in [-0.05, 0) is 49.9 Å². The van der Waals surface area contributed by atoms with Crippen LogP contribution in [0.1, 0.15) is 25.7 Å². The van der Waals surface area contributed by atoms with Crippen molar-refractivity contribution < 1.29 is 14.6 Å². The molecule has 1 amide bonds. The summed E-state index contributed by atoms with van der Waals surface area (Å²) in [7, 11) is 1.65. The lowest BCUT2D eigenvalue weighted by Gasteiger charge is -2.26. The highest BCUT2D eigenvalue weighted by atomic mass is 16.5. The molecule has 0 spiro atoms. The molecule has 3 rings (SSSR count). The Labute approximate surface area is 129 Å². The first-order valence-electron chi connectivity index (χ1n) is 7.76. The molecule has 5 heteroatoms. The minimum Gasteiger partial charge on any atom is -0.497 e. The number of aliphatic hydroxyl groups is 1. The highest BCUT2D eigenvalue weighted by Gasteiger charge is 2.20. The number of rotatable bonds is 4. The molecule has 1 fully saturated rings. The van der Waals surface area contributed by atoms with Crippen molar-refractivity contribution in [3.05, 3.63) is 30.5 Å².